The lowest BCUT2D eigenvalue weighted by molar-refractivity contribution is -0.256. The highest BCUT2D eigenvalue weighted by molar-refractivity contribution is 5.89. The number of carboxylic acid groups (broad SMARTS) is 2. The Balaban J connectivity index is 0.000000218. The quantitative estimate of drug-likeness (QED) is 0.445. The van der Waals surface area contributed by atoms with Crippen LogP contribution in [0, 0.1) is 13.8 Å². The van der Waals surface area contributed by atoms with Gasteiger partial charge in [0.05, 0.1) is 11.9 Å². The van der Waals surface area contributed by atoms with Crippen molar-refractivity contribution in [2.45, 2.75) is 19.8 Å². The predicted molar refractivity (Wildman–Crippen MR) is 125 cm³/mol. The van der Waals surface area contributed by atoms with E-state index in [1.807, 2.05) is 0 Å². The molecule has 33 heavy (non-hydrogen) atoms. The fourth-order valence-corrected chi connectivity index (χ4v) is 3.74. The molecule has 166 valence electrons. The molecule has 0 atom stereocenters. The van der Waals surface area contributed by atoms with Gasteiger partial charge >= 0.3 is 0 Å². The van der Waals surface area contributed by atoms with E-state index in [-0.39, 0.29) is 11.1 Å². The van der Waals surface area contributed by atoms with Crippen molar-refractivity contribution in [2.24, 2.45) is 0 Å². The van der Waals surface area contributed by atoms with Crippen molar-refractivity contribution >= 4 is 11.9 Å². The molecule has 0 aliphatic carbocycles. The minimum Gasteiger partial charge on any atom is -0.545 e. The zero-order valence-electron chi connectivity index (χ0n) is 18.5. The number of rotatable bonds is 5. The van der Waals surface area contributed by atoms with Crippen LogP contribution >= 0.6 is 0 Å². The van der Waals surface area contributed by atoms with Crippen molar-refractivity contribution < 1.29 is 19.8 Å². The topological polar surface area (TPSA) is 80.3 Å². The van der Waals surface area contributed by atoms with Crippen LogP contribution in [0.1, 0.15) is 54.5 Å². The molecule has 4 aromatic carbocycles. The molecule has 0 unspecified atom stereocenters. The molecular weight excluding hydrogens is 412 g/mol. The Morgan fingerprint density at radius 2 is 0.909 bits per heavy atom. The minimum absolute atomic E-state index is 0.0556. The largest absolute Gasteiger partial charge is 0.545 e. The molecule has 0 heterocycles. The number of carbonyl (C=O) groups is 2. The molecule has 0 saturated heterocycles. The molecule has 0 amide bonds. The first-order valence-corrected chi connectivity index (χ1v) is 10.6. The third kappa shape index (κ3) is 5.95. The van der Waals surface area contributed by atoms with Crippen molar-refractivity contribution in [1.82, 2.24) is 0 Å². The van der Waals surface area contributed by atoms with E-state index in [1.165, 1.54) is 27.8 Å². The van der Waals surface area contributed by atoms with E-state index < -0.39 is 11.9 Å². The van der Waals surface area contributed by atoms with Crippen LogP contribution in [0.5, 0.6) is 0 Å². The van der Waals surface area contributed by atoms with Crippen molar-refractivity contribution in [3.8, 4) is 0 Å². The summed E-state index contributed by atoms with van der Waals surface area (Å²) in [6.45, 7) is 4.40. The van der Waals surface area contributed by atoms with Crippen molar-refractivity contribution in [2.75, 3.05) is 0 Å². The van der Waals surface area contributed by atoms with Crippen molar-refractivity contribution in [3.05, 3.63) is 142 Å². The van der Waals surface area contributed by atoms with Crippen LogP contribution in [0.3, 0.4) is 0 Å². The van der Waals surface area contributed by atoms with E-state index in [2.05, 4.69) is 92.7 Å². The van der Waals surface area contributed by atoms with Gasteiger partial charge in [0.2, 0.25) is 0 Å². The first-order chi connectivity index (χ1) is 15.9. The lowest BCUT2D eigenvalue weighted by Gasteiger charge is -2.22. The molecule has 4 aromatic rings. The number of hydrogen-bond acceptors (Lipinski definition) is 4. The average Bonchev–Trinajstić information content (AvgIpc) is 2.83. The van der Waals surface area contributed by atoms with E-state index >= 15 is 0 Å². The van der Waals surface area contributed by atoms with Gasteiger partial charge < -0.3 is 19.8 Å². The van der Waals surface area contributed by atoms with Crippen molar-refractivity contribution in [3.63, 3.8) is 0 Å². The monoisotopic (exact) mass is 436 g/mol. The molecule has 0 N–H and O–H groups in total. The van der Waals surface area contributed by atoms with Gasteiger partial charge in [-0.15, -0.1) is 0 Å². The fourth-order valence-electron chi connectivity index (χ4n) is 3.74. The Morgan fingerprint density at radius 3 is 1.27 bits per heavy atom. The van der Waals surface area contributed by atoms with Gasteiger partial charge in [0.1, 0.15) is 0 Å². The Bertz CT molecular complexity index is 1150. The Hall–Kier alpha value is -4.18. The number of carboxylic acids is 2. The van der Waals surface area contributed by atoms with Crippen molar-refractivity contribution in [1.29, 1.82) is 0 Å². The van der Waals surface area contributed by atoms with E-state index in [0.717, 1.165) is 24.3 Å². The van der Waals surface area contributed by atoms with E-state index in [1.54, 1.807) is 0 Å². The van der Waals surface area contributed by atoms with Gasteiger partial charge in [0, 0.05) is 5.92 Å². The third-order valence-corrected chi connectivity index (χ3v) is 5.49. The number of carbonyl (C=O) groups excluding carboxylic acids is 2. The summed E-state index contributed by atoms with van der Waals surface area (Å²) >= 11 is 0. The van der Waals surface area contributed by atoms with E-state index in [4.69, 9.17) is 0 Å². The summed E-state index contributed by atoms with van der Waals surface area (Å²) in [6, 6.07) is 32.8. The van der Waals surface area contributed by atoms with Gasteiger partial charge in [-0.25, -0.2) is 0 Å². The lowest BCUT2D eigenvalue weighted by atomic mass is 9.81. The number of hydrogen-bond donors (Lipinski definition) is 0. The maximum atomic E-state index is 10.2. The molecule has 4 rings (SSSR count). The second kappa shape index (κ2) is 10.9. The standard InChI is InChI=1S/C21H20.C8H6O4/c1-16-10-6-8-14-19(16)21(18-12-4-3-5-13-18)20-15-9-7-11-17(20)2;9-7(10)5-1-2-6(4-3-5)8(11)12/h3-15,21H,1-2H3;1-4H,(H,9,10)(H,11,12)/p-2. The Morgan fingerprint density at radius 1 is 0.545 bits per heavy atom. The smallest absolute Gasteiger partial charge is 0.0715 e. The summed E-state index contributed by atoms with van der Waals surface area (Å²) in [5.41, 5.74) is 6.70. The first-order valence-electron chi connectivity index (χ1n) is 10.6. The van der Waals surface area contributed by atoms with Crippen LogP contribution < -0.4 is 10.2 Å². The van der Waals surface area contributed by atoms with E-state index in [0.29, 0.717) is 5.92 Å². The molecule has 0 radical (unpaired) electrons. The first kappa shape index (κ1) is 23.5. The normalized spacial score (nSPS) is 10.3. The predicted octanol–water partition coefficient (Wildman–Crippen LogP) is 3.90. The molecule has 0 fully saturated rings. The lowest BCUT2D eigenvalue weighted by Crippen LogP contribution is -2.24. The molecule has 0 bridgehead atoms. The molecular formula is C29H24O4-2. The summed E-state index contributed by atoms with van der Waals surface area (Å²) in [6.07, 6.45) is 0. The molecule has 0 aliphatic heterocycles. The molecule has 0 spiro atoms. The summed E-state index contributed by atoms with van der Waals surface area (Å²) in [5, 5.41) is 20.4. The minimum atomic E-state index is -1.33. The highest BCUT2D eigenvalue weighted by Gasteiger charge is 2.19. The number of aromatic carboxylic acids is 2. The SMILES string of the molecule is Cc1ccccc1C(c1ccccc1)c1ccccc1C.O=C([O-])c1ccc(C(=O)[O-])cc1. The summed E-state index contributed by atoms with van der Waals surface area (Å²) in [7, 11) is 0. The van der Waals surface area contributed by atoms with Gasteiger partial charge in [0.25, 0.3) is 0 Å². The zero-order chi connectivity index (χ0) is 23.8. The highest BCUT2D eigenvalue weighted by atomic mass is 16.4. The van der Waals surface area contributed by atoms with Crippen LogP contribution in [0.2, 0.25) is 0 Å². The fraction of sp³-hybridized carbons (Fsp3) is 0.103. The van der Waals surface area contributed by atoms with Gasteiger partial charge in [0.15, 0.2) is 0 Å². The highest BCUT2D eigenvalue weighted by Crippen LogP contribution is 2.35. The summed E-state index contributed by atoms with van der Waals surface area (Å²) < 4.78 is 0. The van der Waals surface area contributed by atoms with Crippen LogP contribution in [-0.4, -0.2) is 11.9 Å². The van der Waals surface area contributed by atoms with Crippen LogP contribution in [0.4, 0.5) is 0 Å². The zero-order valence-corrected chi connectivity index (χ0v) is 18.5. The molecule has 0 saturated carbocycles. The van der Waals surface area contributed by atoms with Crippen LogP contribution in [0.25, 0.3) is 0 Å². The molecule has 0 aliphatic rings. The van der Waals surface area contributed by atoms with E-state index in [9.17, 15) is 19.8 Å². The Labute approximate surface area is 193 Å². The maximum absolute atomic E-state index is 10.2. The van der Waals surface area contributed by atoms with Crippen LogP contribution in [-0.2, 0) is 0 Å². The van der Waals surface area contributed by atoms with Crippen LogP contribution in [0.15, 0.2) is 103 Å². The van der Waals surface area contributed by atoms with Gasteiger partial charge in [-0.2, -0.15) is 0 Å². The molecule has 0 aromatic heterocycles. The van der Waals surface area contributed by atoms with Gasteiger partial charge in [-0.1, -0.05) is 103 Å². The number of benzene rings is 4. The average molecular weight is 437 g/mol. The summed E-state index contributed by atoms with van der Waals surface area (Å²) in [4.78, 5) is 20.4. The molecule has 4 heteroatoms. The second-order valence-electron chi connectivity index (χ2n) is 7.71. The maximum Gasteiger partial charge on any atom is 0.0715 e. The van der Waals surface area contributed by atoms with Gasteiger partial charge in [-0.05, 0) is 52.8 Å². The second-order valence-corrected chi connectivity index (χ2v) is 7.71. The summed E-state index contributed by atoms with van der Waals surface area (Å²) in [5.74, 6) is -2.37. The number of aryl methyl sites for hydroxylation is 2. The molecule has 4 nitrogen and oxygen atoms in total. The third-order valence-electron chi connectivity index (χ3n) is 5.49. The van der Waals surface area contributed by atoms with Gasteiger partial charge in [-0.3, -0.25) is 0 Å². The Kier molecular flexibility index (Phi) is 7.77.